The van der Waals surface area contributed by atoms with Crippen molar-refractivity contribution in [1.82, 2.24) is 10.6 Å². The summed E-state index contributed by atoms with van der Waals surface area (Å²) in [7, 11) is 0. The van der Waals surface area contributed by atoms with Gasteiger partial charge in [0.15, 0.2) is 0 Å². The van der Waals surface area contributed by atoms with Crippen LogP contribution >= 0.6 is 0 Å². The van der Waals surface area contributed by atoms with Crippen LogP contribution in [0.2, 0.25) is 0 Å². The van der Waals surface area contributed by atoms with E-state index in [1.54, 1.807) is 0 Å². The molecule has 19 heavy (non-hydrogen) atoms. The van der Waals surface area contributed by atoms with Crippen molar-refractivity contribution in [3.63, 3.8) is 0 Å². The minimum atomic E-state index is -0.827. The lowest BCUT2D eigenvalue weighted by Crippen LogP contribution is -2.53. The maximum absolute atomic E-state index is 13.7. The van der Waals surface area contributed by atoms with Gasteiger partial charge in [0.25, 0.3) is 0 Å². The highest BCUT2D eigenvalue weighted by molar-refractivity contribution is 5.95. The molecule has 0 radical (unpaired) electrons. The highest BCUT2D eigenvalue weighted by Crippen LogP contribution is 2.15. The van der Waals surface area contributed by atoms with Gasteiger partial charge < -0.3 is 16.4 Å². The maximum Gasteiger partial charge on any atom is 0.237 e. The Labute approximate surface area is 108 Å². The van der Waals surface area contributed by atoms with E-state index in [-0.39, 0.29) is 29.6 Å². The zero-order chi connectivity index (χ0) is 14.0. The van der Waals surface area contributed by atoms with Crippen molar-refractivity contribution in [3.05, 3.63) is 34.9 Å². The summed E-state index contributed by atoms with van der Waals surface area (Å²) < 4.78 is 27.3. The molecule has 1 amide bonds. The van der Waals surface area contributed by atoms with Crippen molar-refractivity contribution in [2.24, 2.45) is 5.73 Å². The van der Waals surface area contributed by atoms with Crippen molar-refractivity contribution in [3.8, 4) is 0 Å². The Hall–Kier alpha value is -2.02. The number of carbonyl (C=O) groups is 1. The number of nitrogen functional groups attached to an aromatic ring is 1. The van der Waals surface area contributed by atoms with Crippen LogP contribution in [0.15, 0.2) is 12.1 Å². The molecular formula is C12H14F2N4O. The highest BCUT2D eigenvalue weighted by Gasteiger charge is 2.24. The number of nitrogens with one attached hydrogen (secondary N) is 3. The average molecular weight is 268 g/mol. The zero-order valence-electron chi connectivity index (χ0n) is 10.1. The molecule has 5 N–H and O–H groups in total. The quantitative estimate of drug-likeness (QED) is 0.465. The molecule has 1 fully saturated rings. The third kappa shape index (κ3) is 2.87. The first-order valence-electron chi connectivity index (χ1n) is 5.82. The van der Waals surface area contributed by atoms with Crippen molar-refractivity contribution >= 4 is 11.7 Å². The summed E-state index contributed by atoms with van der Waals surface area (Å²) in [4.78, 5) is 11.5. The molecular weight excluding hydrogens is 254 g/mol. The lowest BCUT2D eigenvalue weighted by molar-refractivity contribution is -0.124. The van der Waals surface area contributed by atoms with Gasteiger partial charge in [0.05, 0.1) is 6.04 Å². The van der Waals surface area contributed by atoms with Crippen LogP contribution in [-0.2, 0) is 11.3 Å². The van der Waals surface area contributed by atoms with Gasteiger partial charge in [0, 0.05) is 17.7 Å². The molecule has 1 heterocycles. The number of carbonyl (C=O) groups excluding carboxylic acids is 1. The van der Waals surface area contributed by atoms with E-state index in [4.69, 9.17) is 11.1 Å². The monoisotopic (exact) mass is 268 g/mol. The molecule has 0 aromatic heterocycles. The number of hydrogen-bond donors (Lipinski definition) is 4. The molecule has 5 nitrogen and oxygen atoms in total. The molecule has 1 atom stereocenters. The summed E-state index contributed by atoms with van der Waals surface area (Å²) in [6, 6.07) is 1.69. The van der Waals surface area contributed by atoms with E-state index < -0.39 is 17.5 Å². The summed E-state index contributed by atoms with van der Waals surface area (Å²) in [6.07, 6.45) is 0.722. The van der Waals surface area contributed by atoms with Crippen LogP contribution in [0.4, 0.5) is 8.78 Å². The fourth-order valence-corrected chi connectivity index (χ4v) is 1.74. The first-order chi connectivity index (χ1) is 8.99. The van der Waals surface area contributed by atoms with Crippen molar-refractivity contribution in [2.75, 3.05) is 6.54 Å². The fourth-order valence-electron chi connectivity index (χ4n) is 1.74. The zero-order valence-corrected chi connectivity index (χ0v) is 10.1. The van der Waals surface area contributed by atoms with Gasteiger partial charge in [-0.25, -0.2) is 8.78 Å². The lowest BCUT2D eigenvalue weighted by Gasteiger charge is -2.26. The van der Waals surface area contributed by atoms with E-state index in [0.29, 0.717) is 0 Å². The van der Waals surface area contributed by atoms with Crippen molar-refractivity contribution in [1.29, 1.82) is 5.41 Å². The van der Waals surface area contributed by atoms with Crippen LogP contribution < -0.4 is 16.4 Å². The predicted molar refractivity (Wildman–Crippen MR) is 65.6 cm³/mol. The van der Waals surface area contributed by atoms with Gasteiger partial charge >= 0.3 is 0 Å². The third-order valence-electron chi connectivity index (χ3n) is 3.03. The van der Waals surface area contributed by atoms with Gasteiger partial charge in [0.2, 0.25) is 5.91 Å². The summed E-state index contributed by atoms with van der Waals surface area (Å²) in [5.41, 5.74) is 4.90. The normalized spacial score (nSPS) is 17.7. The van der Waals surface area contributed by atoms with Gasteiger partial charge in [-0.05, 0) is 25.1 Å². The number of nitrogens with two attached hydrogens (primary N) is 1. The molecule has 0 spiro atoms. The smallest absolute Gasteiger partial charge is 0.237 e. The number of amidine groups is 1. The Morgan fingerprint density at radius 3 is 2.47 bits per heavy atom. The summed E-state index contributed by atoms with van der Waals surface area (Å²) in [5, 5.41) is 12.5. The molecule has 1 aliphatic heterocycles. The van der Waals surface area contributed by atoms with E-state index >= 15 is 0 Å². The lowest BCUT2D eigenvalue weighted by atomic mass is 10.1. The second-order valence-electron chi connectivity index (χ2n) is 4.35. The van der Waals surface area contributed by atoms with Crippen LogP contribution in [0.1, 0.15) is 17.5 Å². The van der Waals surface area contributed by atoms with Gasteiger partial charge in [-0.3, -0.25) is 10.2 Å². The van der Waals surface area contributed by atoms with Crippen LogP contribution in [-0.4, -0.2) is 24.3 Å². The molecule has 1 aromatic rings. The van der Waals surface area contributed by atoms with Crippen molar-refractivity contribution in [2.45, 2.75) is 19.0 Å². The average Bonchev–Trinajstić information content (AvgIpc) is 2.24. The predicted octanol–water partition coefficient (Wildman–Crippen LogP) is 0.227. The van der Waals surface area contributed by atoms with Crippen LogP contribution in [0.25, 0.3) is 0 Å². The van der Waals surface area contributed by atoms with Crippen molar-refractivity contribution < 1.29 is 13.6 Å². The standard InChI is InChI=1S/C12H14F2N4O/c13-8-3-6(11(15)16)4-9(14)7(8)5-18-12(19)10-1-2-17-10/h3-4,10,17H,1-2,5H2,(H3,15,16)(H,18,19). The first kappa shape index (κ1) is 13.4. The van der Waals surface area contributed by atoms with Gasteiger partial charge in [-0.2, -0.15) is 0 Å². The van der Waals surface area contributed by atoms with E-state index in [1.807, 2.05) is 0 Å². The fraction of sp³-hybridized carbons (Fsp3) is 0.333. The van der Waals surface area contributed by atoms with Gasteiger partial charge in [0.1, 0.15) is 17.5 Å². The Morgan fingerprint density at radius 2 is 2.05 bits per heavy atom. The SMILES string of the molecule is N=C(N)c1cc(F)c(CNC(=O)C2CCN2)c(F)c1. The molecule has 0 saturated carbocycles. The molecule has 1 aliphatic rings. The molecule has 2 rings (SSSR count). The minimum Gasteiger partial charge on any atom is -0.384 e. The molecule has 7 heteroatoms. The molecule has 1 saturated heterocycles. The molecule has 102 valence electrons. The second kappa shape index (κ2) is 5.31. The molecule has 1 aromatic carbocycles. The Bertz CT molecular complexity index is 505. The first-order valence-corrected chi connectivity index (χ1v) is 5.82. The van der Waals surface area contributed by atoms with Crippen LogP contribution in [0.3, 0.4) is 0 Å². The highest BCUT2D eigenvalue weighted by atomic mass is 19.1. The Morgan fingerprint density at radius 1 is 1.47 bits per heavy atom. The number of amides is 1. The summed E-state index contributed by atoms with van der Waals surface area (Å²) in [5.74, 6) is -2.34. The van der Waals surface area contributed by atoms with Gasteiger partial charge in [-0.1, -0.05) is 0 Å². The van der Waals surface area contributed by atoms with Crippen LogP contribution in [0, 0.1) is 17.0 Å². The van der Waals surface area contributed by atoms with E-state index in [1.165, 1.54) is 0 Å². The van der Waals surface area contributed by atoms with Crippen LogP contribution in [0.5, 0.6) is 0 Å². The maximum atomic E-state index is 13.7. The van der Waals surface area contributed by atoms with E-state index in [2.05, 4.69) is 10.6 Å². The summed E-state index contributed by atoms with van der Waals surface area (Å²) in [6.45, 7) is 0.543. The number of halogens is 2. The minimum absolute atomic E-state index is 0.0225. The summed E-state index contributed by atoms with van der Waals surface area (Å²) >= 11 is 0. The number of hydrogen-bond acceptors (Lipinski definition) is 3. The molecule has 0 aliphatic carbocycles. The second-order valence-corrected chi connectivity index (χ2v) is 4.35. The molecule has 1 unspecified atom stereocenters. The van der Waals surface area contributed by atoms with Gasteiger partial charge in [-0.15, -0.1) is 0 Å². The van der Waals surface area contributed by atoms with E-state index in [0.717, 1.165) is 25.1 Å². The largest absolute Gasteiger partial charge is 0.384 e. The third-order valence-corrected chi connectivity index (χ3v) is 3.03. The Kier molecular flexibility index (Phi) is 3.75. The molecule has 0 bridgehead atoms. The Balaban J connectivity index is 2.07. The number of rotatable bonds is 4. The number of benzene rings is 1. The topological polar surface area (TPSA) is 91.0 Å². The van der Waals surface area contributed by atoms with E-state index in [9.17, 15) is 13.6 Å².